The van der Waals surface area contributed by atoms with Crippen molar-refractivity contribution >= 4 is 49.7 Å². The fraction of sp³-hybridized carbons (Fsp3) is 0.500. The van der Waals surface area contributed by atoms with E-state index in [9.17, 15) is 8.78 Å². The molecule has 3 aliphatic rings. The molecular formula is C28H32BrF2N5. The normalized spacial score (nSPS) is 20.7. The largest absolute Gasteiger partial charge is 0.371 e. The average molecular weight is 556 g/mol. The highest BCUT2D eigenvalue weighted by Gasteiger charge is 2.44. The van der Waals surface area contributed by atoms with Crippen molar-refractivity contribution < 1.29 is 8.78 Å². The second-order valence-corrected chi connectivity index (χ2v) is 11.9. The maximum absolute atomic E-state index is 13.7. The molecule has 5 nitrogen and oxygen atoms in total. The molecule has 2 aromatic carbocycles. The van der Waals surface area contributed by atoms with Crippen LogP contribution in [0.4, 0.5) is 31.7 Å². The number of rotatable bonds is 4. The van der Waals surface area contributed by atoms with Gasteiger partial charge in [-0.2, -0.15) is 0 Å². The minimum Gasteiger partial charge on any atom is -0.371 e. The molecule has 0 bridgehead atoms. The number of hydrogen-bond donors (Lipinski definition) is 1. The van der Waals surface area contributed by atoms with Crippen molar-refractivity contribution in [2.24, 2.45) is 5.41 Å². The summed E-state index contributed by atoms with van der Waals surface area (Å²) in [6.07, 6.45) is 5.03. The summed E-state index contributed by atoms with van der Waals surface area (Å²) >= 11 is 3.71. The fourth-order valence-electron chi connectivity index (χ4n) is 5.81. The van der Waals surface area contributed by atoms with Crippen molar-refractivity contribution in [1.82, 2.24) is 9.97 Å². The van der Waals surface area contributed by atoms with Crippen LogP contribution in [0.3, 0.4) is 0 Å². The van der Waals surface area contributed by atoms with Gasteiger partial charge < -0.3 is 15.1 Å². The Hall–Kier alpha value is -2.48. The summed E-state index contributed by atoms with van der Waals surface area (Å²) in [6, 6.07) is 10.5. The Bertz CT molecular complexity index is 1300. The highest BCUT2D eigenvalue weighted by atomic mass is 79.9. The SMILES string of the molecule is Cc1cc(Nc2nc(C)nc3cc(Br)cc(N4CCC5(CC4)CC5)c23)cc(N2CCC(F)(F)CC2)c1. The first-order valence-electron chi connectivity index (χ1n) is 12.9. The molecule has 2 saturated heterocycles. The van der Waals surface area contributed by atoms with E-state index in [2.05, 4.69) is 61.4 Å². The van der Waals surface area contributed by atoms with E-state index in [1.807, 2.05) is 13.8 Å². The summed E-state index contributed by atoms with van der Waals surface area (Å²) in [4.78, 5) is 14.1. The number of anilines is 4. The molecule has 1 saturated carbocycles. The fourth-order valence-corrected chi connectivity index (χ4v) is 6.24. The maximum Gasteiger partial charge on any atom is 0.251 e. The maximum atomic E-state index is 13.7. The number of piperidine rings is 2. The molecule has 2 aliphatic heterocycles. The summed E-state index contributed by atoms with van der Waals surface area (Å²) in [5.41, 5.74) is 5.62. The van der Waals surface area contributed by atoms with Gasteiger partial charge in [-0.05, 0) is 80.8 Å². The third-order valence-electron chi connectivity index (χ3n) is 8.16. The van der Waals surface area contributed by atoms with E-state index in [4.69, 9.17) is 9.97 Å². The van der Waals surface area contributed by atoms with E-state index in [0.717, 1.165) is 56.9 Å². The molecule has 36 heavy (non-hydrogen) atoms. The Morgan fingerprint density at radius 1 is 0.833 bits per heavy atom. The minimum atomic E-state index is -2.56. The molecule has 1 spiro atoms. The number of halogens is 3. The highest BCUT2D eigenvalue weighted by molar-refractivity contribution is 9.10. The molecule has 1 N–H and O–H groups in total. The number of benzene rings is 2. The summed E-state index contributed by atoms with van der Waals surface area (Å²) in [7, 11) is 0. The quantitative estimate of drug-likeness (QED) is 0.364. The molecule has 3 heterocycles. The lowest BCUT2D eigenvalue weighted by Gasteiger charge is -2.35. The van der Waals surface area contributed by atoms with Crippen LogP contribution in [-0.2, 0) is 0 Å². The van der Waals surface area contributed by atoms with Crippen molar-refractivity contribution in [1.29, 1.82) is 0 Å². The van der Waals surface area contributed by atoms with Crippen LogP contribution >= 0.6 is 15.9 Å². The molecular weight excluding hydrogens is 524 g/mol. The van der Waals surface area contributed by atoms with Crippen molar-refractivity contribution in [2.75, 3.05) is 41.3 Å². The number of alkyl halides is 2. The third kappa shape index (κ3) is 4.76. The Morgan fingerprint density at radius 3 is 2.22 bits per heavy atom. The Balaban J connectivity index is 1.36. The van der Waals surface area contributed by atoms with Crippen LogP contribution in [0.1, 0.15) is 49.9 Å². The number of aryl methyl sites for hydroxylation is 2. The smallest absolute Gasteiger partial charge is 0.251 e. The van der Waals surface area contributed by atoms with Gasteiger partial charge in [0.25, 0.3) is 5.92 Å². The van der Waals surface area contributed by atoms with Gasteiger partial charge in [0.05, 0.1) is 16.6 Å². The second-order valence-electron chi connectivity index (χ2n) is 11.0. The number of nitrogens with zero attached hydrogens (tertiary/aromatic N) is 4. The van der Waals surface area contributed by atoms with Crippen molar-refractivity contribution in [3.05, 3.63) is 46.2 Å². The zero-order chi connectivity index (χ0) is 25.1. The predicted molar refractivity (Wildman–Crippen MR) is 146 cm³/mol. The van der Waals surface area contributed by atoms with E-state index in [-0.39, 0.29) is 12.8 Å². The molecule has 1 aromatic heterocycles. The van der Waals surface area contributed by atoms with Crippen LogP contribution < -0.4 is 15.1 Å². The monoisotopic (exact) mass is 555 g/mol. The van der Waals surface area contributed by atoms with E-state index in [0.29, 0.717) is 24.3 Å². The number of fused-ring (bicyclic) bond motifs is 1. The Kier molecular flexibility index (Phi) is 5.85. The number of nitrogens with one attached hydrogen (secondary N) is 1. The molecule has 190 valence electrons. The van der Waals surface area contributed by atoms with E-state index in [1.54, 1.807) is 0 Å². The Labute approximate surface area is 219 Å². The van der Waals surface area contributed by atoms with Gasteiger partial charge in [-0.15, -0.1) is 0 Å². The van der Waals surface area contributed by atoms with Gasteiger partial charge in [0.1, 0.15) is 11.6 Å². The topological polar surface area (TPSA) is 44.3 Å². The van der Waals surface area contributed by atoms with Gasteiger partial charge in [-0.3, -0.25) is 0 Å². The molecule has 8 heteroatoms. The number of hydrogen-bond acceptors (Lipinski definition) is 5. The molecule has 0 radical (unpaired) electrons. The molecule has 0 atom stereocenters. The lowest BCUT2D eigenvalue weighted by Crippen LogP contribution is -2.39. The summed E-state index contributed by atoms with van der Waals surface area (Å²) in [5.74, 6) is -1.07. The van der Waals surface area contributed by atoms with Gasteiger partial charge in [-0.25, -0.2) is 18.7 Å². The predicted octanol–water partition coefficient (Wildman–Crippen LogP) is 7.37. The van der Waals surface area contributed by atoms with E-state index >= 15 is 0 Å². The summed E-state index contributed by atoms with van der Waals surface area (Å²) in [6.45, 7) is 6.78. The van der Waals surface area contributed by atoms with Gasteiger partial charge in [0.2, 0.25) is 0 Å². The highest BCUT2D eigenvalue weighted by Crippen LogP contribution is 2.54. The second kappa shape index (κ2) is 8.82. The van der Waals surface area contributed by atoms with Crippen LogP contribution in [0, 0.1) is 19.3 Å². The molecule has 0 amide bonds. The van der Waals surface area contributed by atoms with Crippen molar-refractivity contribution in [3.63, 3.8) is 0 Å². The van der Waals surface area contributed by atoms with Crippen molar-refractivity contribution in [2.45, 2.75) is 58.3 Å². The summed E-state index contributed by atoms with van der Waals surface area (Å²) in [5, 5.41) is 4.61. The zero-order valence-corrected chi connectivity index (χ0v) is 22.5. The molecule has 3 aromatic rings. The van der Waals surface area contributed by atoms with Gasteiger partial charge >= 0.3 is 0 Å². The lowest BCUT2D eigenvalue weighted by atomic mass is 9.93. The Morgan fingerprint density at radius 2 is 1.53 bits per heavy atom. The molecule has 1 aliphatic carbocycles. The first-order valence-corrected chi connectivity index (χ1v) is 13.7. The van der Waals surface area contributed by atoms with Crippen LogP contribution in [0.25, 0.3) is 10.9 Å². The molecule has 6 rings (SSSR count). The van der Waals surface area contributed by atoms with Crippen molar-refractivity contribution in [3.8, 4) is 0 Å². The first-order chi connectivity index (χ1) is 17.2. The standard InChI is InChI=1S/C28H32BrF2N5/c1-18-13-21(17-22(14-18)35-11-7-28(30,31)8-12-35)34-26-25-23(32-19(2)33-26)15-20(29)16-24(25)36-9-5-27(3-4-27)6-10-36/h13-17H,3-12H2,1-2H3,(H,32,33,34). The van der Waals surface area contributed by atoms with Crippen LogP contribution in [0.5, 0.6) is 0 Å². The molecule has 0 unspecified atom stereocenters. The van der Waals surface area contributed by atoms with E-state index in [1.165, 1.54) is 25.7 Å². The first kappa shape index (κ1) is 23.9. The van der Waals surface area contributed by atoms with E-state index < -0.39 is 5.92 Å². The van der Waals surface area contributed by atoms with Crippen LogP contribution in [0.15, 0.2) is 34.8 Å². The van der Waals surface area contributed by atoms with Gasteiger partial charge in [-0.1, -0.05) is 15.9 Å². The number of aromatic nitrogens is 2. The average Bonchev–Trinajstić information content (AvgIpc) is 3.57. The van der Waals surface area contributed by atoms with Crippen LogP contribution in [-0.4, -0.2) is 42.1 Å². The van der Waals surface area contributed by atoms with Gasteiger partial charge in [0.15, 0.2) is 0 Å². The van der Waals surface area contributed by atoms with Crippen LogP contribution in [0.2, 0.25) is 0 Å². The third-order valence-corrected chi connectivity index (χ3v) is 8.62. The summed E-state index contributed by atoms with van der Waals surface area (Å²) < 4.78 is 28.5. The lowest BCUT2D eigenvalue weighted by molar-refractivity contribution is -0.0220. The molecule has 3 fully saturated rings. The van der Waals surface area contributed by atoms with Gasteiger partial charge in [0, 0.05) is 54.9 Å². The minimum absolute atomic E-state index is 0.102. The zero-order valence-electron chi connectivity index (χ0n) is 20.9.